The monoisotopic (exact) mass is 604 g/mol. The second kappa shape index (κ2) is 13.1. The van der Waals surface area contributed by atoms with Crippen LogP contribution < -0.4 is 21.3 Å². The Morgan fingerprint density at radius 2 is 1.45 bits per heavy atom. The summed E-state index contributed by atoms with van der Waals surface area (Å²) in [6.07, 6.45) is 2.24. The van der Waals surface area contributed by atoms with Crippen molar-refractivity contribution in [3.63, 3.8) is 0 Å². The van der Waals surface area contributed by atoms with Crippen molar-refractivity contribution in [1.82, 2.24) is 35.1 Å². The van der Waals surface area contributed by atoms with Crippen molar-refractivity contribution in [3.8, 4) is 0 Å². The number of nitrogens with zero attached hydrogens (tertiary/aromatic N) is 5. The Balaban J connectivity index is 0.000000229. The summed E-state index contributed by atoms with van der Waals surface area (Å²) in [5.74, 6) is -1.26. The minimum atomic E-state index is -0.629. The van der Waals surface area contributed by atoms with E-state index in [2.05, 4.69) is 40.0 Å². The maximum Gasteiger partial charge on any atom is 0.269 e. The summed E-state index contributed by atoms with van der Waals surface area (Å²) in [7, 11) is 1.58. The Hall–Kier alpha value is -5.08. The van der Waals surface area contributed by atoms with Crippen molar-refractivity contribution in [2.45, 2.75) is 20.1 Å². The van der Waals surface area contributed by atoms with E-state index in [1.54, 1.807) is 31.3 Å². The quantitative estimate of drug-likeness (QED) is 0.235. The SMILES string of the molecule is CNC(=O)c1ccc(N2CCN(Cc3ccc4ncc(=O)[nH]c4c3F)CC2)c(C)n1.O=c1cnc2ccc(CO)c(F)c2[nH]1. The summed E-state index contributed by atoms with van der Waals surface area (Å²) in [6.45, 7) is 5.02. The number of H-pyrrole nitrogens is 2. The van der Waals surface area contributed by atoms with Gasteiger partial charge in [0.2, 0.25) is 0 Å². The zero-order chi connectivity index (χ0) is 31.4. The van der Waals surface area contributed by atoms with Gasteiger partial charge in [-0.1, -0.05) is 12.1 Å². The van der Waals surface area contributed by atoms with Crippen LogP contribution in [-0.2, 0) is 13.2 Å². The van der Waals surface area contributed by atoms with Gasteiger partial charge in [-0.2, -0.15) is 0 Å². The Labute approximate surface area is 249 Å². The Morgan fingerprint density at radius 3 is 2.00 bits per heavy atom. The van der Waals surface area contributed by atoms with E-state index >= 15 is 0 Å². The van der Waals surface area contributed by atoms with E-state index in [1.807, 2.05) is 13.0 Å². The van der Waals surface area contributed by atoms with Crippen LogP contribution in [0.3, 0.4) is 0 Å². The molecule has 0 unspecified atom stereocenters. The van der Waals surface area contributed by atoms with Crippen molar-refractivity contribution >= 4 is 33.7 Å². The minimum Gasteiger partial charge on any atom is -0.392 e. The van der Waals surface area contributed by atoms with Crippen LogP contribution in [0.5, 0.6) is 0 Å². The highest BCUT2D eigenvalue weighted by atomic mass is 19.1. The molecule has 2 aromatic carbocycles. The number of hydrogen-bond acceptors (Lipinski definition) is 9. The summed E-state index contributed by atoms with van der Waals surface area (Å²) in [6, 6.07) is 10.1. The fraction of sp³-hybridized carbons (Fsp3) is 0.267. The molecular formula is C30H30F2N8O4. The minimum absolute atomic E-state index is 0.0315. The number of carbonyl (C=O) groups excluding carboxylic acids is 1. The molecule has 0 radical (unpaired) electrons. The number of hydrogen-bond donors (Lipinski definition) is 4. The summed E-state index contributed by atoms with van der Waals surface area (Å²) in [4.78, 5) is 55.5. The average molecular weight is 605 g/mol. The van der Waals surface area contributed by atoms with Crippen LogP contribution in [0.25, 0.3) is 22.1 Å². The third-order valence-corrected chi connectivity index (χ3v) is 7.33. The first-order valence-corrected chi connectivity index (χ1v) is 13.8. The Bertz CT molecular complexity index is 1950. The highest BCUT2D eigenvalue weighted by Gasteiger charge is 2.21. The highest BCUT2D eigenvalue weighted by Crippen LogP contribution is 2.23. The van der Waals surface area contributed by atoms with Crippen LogP contribution >= 0.6 is 0 Å². The van der Waals surface area contributed by atoms with Crippen molar-refractivity contribution in [2.75, 3.05) is 38.1 Å². The van der Waals surface area contributed by atoms with E-state index < -0.39 is 29.4 Å². The van der Waals surface area contributed by atoms with Crippen molar-refractivity contribution in [1.29, 1.82) is 0 Å². The van der Waals surface area contributed by atoms with Crippen molar-refractivity contribution < 1.29 is 18.7 Å². The first kappa shape index (κ1) is 30.4. The number of nitrogens with one attached hydrogen (secondary N) is 3. The molecule has 1 amide bonds. The summed E-state index contributed by atoms with van der Waals surface area (Å²) in [5.41, 5.74) is 2.98. The molecule has 12 nitrogen and oxygen atoms in total. The van der Waals surface area contributed by atoms with E-state index in [0.29, 0.717) is 28.8 Å². The molecule has 0 spiro atoms. The highest BCUT2D eigenvalue weighted by molar-refractivity contribution is 5.92. The largest absolute Gasteiger partial charge is 0.392 e. The number of pyridine rings is 1. The molecule has 14 heteroatoms. The number of rotatable bonds is 5. The van der Waals surface area contributed by atoms with E-state index in [-0.39, 0.29) is 22.5 Å². The first-order valence-electron chi connectivity index (χ1n) is 13.8. The van der Waals surface area contributed by atoms with E-state index in [4.69, 9.17) is 5.11 Å². The third-order valence-electron chi connectivity index (χ3n) is 7.33. The van der Waals surface area contributed by atoms with Crippen LogP contribution in [0, 0.1) is 18.6 Å². The number of aryl methyl sites for hydroxylation is 1. The number of anilines is 1. The number of benzene rings is 2. The average Bonchev–Trinajstić information content (AvgIpc) is 3.03. The first-order chi connectivity index (χ1) is 21.2. The zero-order valence-corrected chi connectivity index (χ0v) is 24.0. The summed E-state index contributed by atoms with van der Waals surface area (Å²) >= 11 is 0. The molecule has 4 N–H and O–H groups in total. The van der Waals surface area contributed by atoms with Crippen LogP contribution in [0.15, 0.2) is 58.4 Å². The second-order valence-electron chi connectivity index (χ2n) is 10.2. The predicted molar refractivity (Wildman–Crippen MR) is 160 cm³/mol. The number of halogens is 2. The van der Waals surface area contributed by atoms with Gasteiger partial charge in [0.25, 0.3) is 17.0 Å². The topological polar surface area (TPSA) is 160 Å². The lowest BCUT2D eigenvalue weighted by atomic mass is 10.1. The lowest BCUT2D eigenvalue weighted by Gasteiger charge is -2.36. The molecule has 5 aromatic rings. The van der Waals surface area contributed by atoms with Gasteiger partial charge in [0.15, 0.2) is 11.6 Å². The number of amides is 1. The number of aliphatic hydroxyl groups is 1. The zero-order valence-electron chi connectivity index (χ0n) is 24.0. The molecule has 3 aromatic heterocycles. The van der Waals surface area contributed by atoms with Crippen LogP contribution in [0.2, 0.25) is 0 Å². The smallest absolute Gasteiger partial charge is 0.269 e. The van der Waals surface area contributed by atoms with Crippen molar-refractivity contribution in [2.24, 2.45) is 0 Å². The van der Waals surface area contributed by atoms with Gasteiger partial charge in [0.05, 0.1) is 41.4 Å². The van der Waals surface area contributed by atoms with Gasteiger partial charge >= 0.3 is 0 Å². The van der Waals surface area contributed by atoms with Gasteiger partial charge in [-0.15, -0.1) is 0 Å². The van der Waals surface area contributed by atoms with Gasteiger partial charge in [-0.3, -0.25) is 19.3 Å². The lowest BCUT2D eigenvalue weighted by molar-refractivity contribution is 0.0958. The number of carbonyl (C=O) groups is 1. The van der Waals surface area contributed by atoms with Crippen LogP contribution in [0.4, 0.5) is 14.5 Å². The number of piperazine rings is 1. The third kappa shape index (κ3) is 6.45. The van der Waals surface area contributed by atoms with Crippen LogP contribution in [0.1, 0.15) is 27.3 Å². The molecule has 1 saturated heterocycles. The number of aromatic nitrogens is 5. The molecule has 0 aliphatic carbocycles. The Morgan fingerprint density at radius 1 is 0.886 bits per heavy atom. The molecule has 1 fully saturated rings. The molecule has 6 rings (SSSR count). The Kier molecular flexibility index (Phi) is 9.01. The molecule has 4 heterocycles. The maximum atomic E-state index is 14.8. The molecule has 228 valence electrons. The van der Waals surface area contributed by atoms with Crippen LogP contribution in [-0.4, -0.2) is 74.1 Å². The van der Waals surface area contributed by atoms with Gasteiger partial charge in [0, 0.05) is 50.9 Å². The molecule has 1 aliphatic rings. The number of aliphatic hydroxyl groups excluding tert-OH is 1. The fourth-order valence-electron chi connectivity index (χ4n) is 5.01. The molecule has 0 bridgehead atoms. The maximum absolute atomic E-state index is 14.8. The molecular weight excluding hydrogens is 574 g/mol. The molecule has 44 heavy (non-hydrogen) atoms. The molecule has 1 aliphatic heterocycles. The van der Waals surface area contributed by atoms with E-state index in [1.165, 1.54) is 6.07 Å². The second-order valence-corrected chi connectivity index (χ2v) is 10.2. The van der Waals surface area contributed by atoms with Crippen molar-refractivity contribution in [3.05, 3.63) is 104 Å². The van der Waals surface area contributed by atoms with Gasteiger partial charge < -0.3 is 25.3 Å². The van der Waals surface area contributed by atoms with E-state index in [0.717, 1.165) is 50.0 Å². The van der Waals surface area contributed by atoms with Gasteiger partial charge in [-0.25, -0.2) is 23.7 Å². The molecule has 0 saturated carbocycles. The van der Waals surface area contributed by atoms with Gasteiger partial charge in [-0.05, 0) is 31.2 Å². The summed E-state index contributed by atoms with van der Waals surface area (Å²) < 4.78 is 28.3. The number of fused-ring (bicyclic) bond motifs is 2. The predicted octanol–water partition coefficient (Wildman–Crippen LogP) is 2.00. The normalized spacial score (nSPS) is 13.5. The fourth-order valence-corrected chi connectivity index (χ4v) is 5.01. The molecule has 0 atom stereocenters. The van der Waals surface area contributed by atoms with E-state index in [9.17, 15) is 23.2 Å². The van der Waals surface area contributed by atoms with Gasteiger partial charge in [0.1, 0.15) is 16.7 Å². The summed E-state index contributed by atoms with van der Waals surface area (Å²) in [5, 5.41) is 11.4. The number of aromatic amines is 2. The lowest BCUT2D eigenvalue weighted by Crippen LogP contribution is -2.46. The standard InChI is InChI=1S/C21H23FN6O2.C9H7FN2O2/c1-13-17(6-5-16(25-13)21(30)23-2)28-9-7-27(8-10-28)12-14-3-4-15-20(19(14)22)26-18(29)11-24-15;10-8-5(4-13)1-2-6-9(8)12-7(14)3-11-6/h3-6,11H,7-10,12H2,1-2H3,(H,23,30)(H,26,29);1-3,13H,4H2,(H,12,14).